The van der Waals surface area contributed by atoms with Crippen LogP contribution < -0.4 is 10.6 Å². The molecule has 3 rings (SSSR count). The number of carbonyl (C=O) groups is 2. The van der Waals surface area contributed by atoms with Gasteiger partial charge in [-0.3, -0.25) is 14.6 Å². The normalized spacial score (nSPS) is 10.4. The number of hydrogen-bond donors (Lipinski definition) is 3. The van der Waals surface area contributed by atoms with Crippen LogP contribution in [0.3, 0.4) is 0 Å². The first-order valence-corrected chi connectivity index (χ1v) is 7.30. The molecule has 6 heteroatoms. The molecule has 0 unspecified atom stereocenters. The molecule has 2 aromatic carbocycles. The van der Waals surface area contributed by atoms with Gasteiger partial charge in [0.25, 0.3) is 5.91 Å². The van der Waals surface area contributed by atoms with E-state index < -0.39 is 0 Å². The average Bonchev–Trinajstić information content (AvgIpc) is 2.57. The smallest absolute Gasteiger partial charge is 0.256 e. The molecule has 1 aromatic heterocycles. The van der Waals surface area contributed by atoms with Crippen LogP contribution in [0.4, 0.5) is 11.4 Å². The fraction of sp³-hybridized carbons (Fsp3) is 0.0556. The second-order valence-corrected chi connectivity index (χ2v) is 5.24. The summed E-state index contributed by atoms with van der Waals surface area (Å²) in [6.45, 7) is 1.43. The molecule has 0 atom stereocenters. The number of rotatable bonds is 3. The molecule has 0 saturated heterocycles. The van der Waals surface area contributed by atoms with Gasteiger partial charge in [-0.05, 0) is 42.5 Å². The number of aromatic hydroxyl groups is 1. The van der Waals surface area contributed by atoms with E-state index in [9.17, 15) is 14.7 Å². The van der Waals surface area contributed by atoms with Crippen LogP contribution in [0.2, 0.25) is 0 Å². The van der Waals surface area contributed by atoms with Gasteiger partial charge in [0.1, 0.15) is 11.3 Å². The molecule has 0 saturated carbocycles. The summed E-state index contributed by atoms with van der Waals surface area (Å²) in [4.78, 5) is 27.6. The highest BCUT2D eigenvalue weighted by Crippen LogP contribution is 2.26. The zero-order chi connectivity index (χ0) is 17.1. The molecule has 0 spiro atoms. The van der Waals surface area contributed by atoms with Crippen molar-refractivity contribution in [3.05, 3.63) is 60.3 Å². The molecule has 3 aromatic rings. The zero-order valence-electron chi connectivity index (χ0n) is 12.9. The van der Waals surface area contributed by atoms with E-state index in [4.69, 9.17) is 0 Å². The van der Waals surface area contributed by atoms with Gasteiger partial charge >= 0.3 is 0 Å². The lowest BCUT2D eigenvalue weighted by Crippen LogP contribution is -2.12. The molecule has 0 bridgehead atoms. The molecule has 1 heterocycles. The van der Waals surface area contributed by atoms with Crippen molar-refractivity contribution in [2.24, 2.45) is 0 Å². The molecule has 0 aliphatic rings. The van der Waals surface area contributed by atoms with Crippen molar-refractivity contribution >= 4 is 34.1 Å². The largest absolute Gasteiger partial charge is 0.506 e. The van der Waals surface area contributed by atoms with Gasteiger partial charge in [-0.2, -0.15) is 0 Å². The fourth-order valence-electron chi connectivity index (χ4n) is 2.39. The molecule has 24 heavy (non-hydrogen) atoms. The molecule has 120 valence electrons. The Bertz CT molecular complexity index is 920. The number of nitrogens with one attached hydrogen (secondary N) is 2. The lowest BCUT2D eigenvalue weighted by molar-refractivity contribution is -0.114. The predicted octanol–water partition coefficient (Wildman–Crippen LogP) is 3.15. The molecule has 3 N–H and O–H groups in total. The van der Waals surface area contributed by atoms with Crippen LogP contribution in [0, 0.1) is 0 Å². The fourth-order valence-corrected chi connectivity index (χ4v) is 2.39. The van der Waals surface area contributed by atoms with Gasteiger partial charge in [-0.25, -0.2) is 0 Å². The first kappa shape index (κ1) is 15.5. The van der Waals surface area contributed by atoms with Crippen LogP contribution >= 0.6 is 0 Å². The summed E-state index contributed by atoms with van der Waals surface area (Å²) in [6.07, 6.45) is 1.56. The van der Waals surface area contributed by atoms with Gasteiger partial charge in [-0.15, -0.1) is 0 Å². The van der Waals surface area contributed by atoms with E-state index in [2.05, 4.69) is 15.6 Å². The van der Waals surface area contributed by atoms with Crippen LogP contribution in [-0.4, -0.2) is 21.9 Å². The third kappa shape index (κ3) is 3.17. The maximum atomic E-state index is 12.5. The SMILES string of the molecule is CC(=O)Nc1ccc(NC(=O)c2ccc(O)c3ncccc23)cc1. The molecule has 0 radical (unpaired) electrons. The quantitative estimate of drug-likeness (QED) is 0.691. The zero-order valence-corrected chi connectivity index (χ0v) is 12.9. The summed E-state index contributed by atoms with van der Waals surface area (Å²) in [6, 6.07) is 13.2. The number of fused-ring (bicyclic) bond motifs is 1. The van der Waals surface area contributed by atoms with E-state index in [1.807, 2.05) is 0 Å². The van der Waals surface area contributed by atoms with Gasteiger partial charge in [-0.1, -0.05) is 6.07 Å². The van der Waals surface area contributed by atoms with Crippen LogP contribution in [0.5, 0.6) is 5.75 Å². The minimum Gasteiger partial charge on any atom is -0.506 e. The summed E-state index contributed by atoms with van der Waals surface area (Å²) in [5.41, 5.74) is 2.05. The van der Waals surface area contributed by atoms with Crippen LogP contribution in [-0.2, 0) is 4.79 Å². The van der Waals surface area contributed by atoms with Crippen molar-refractivity contribution < 1.29 is 14.7 Å². The number of benzene rings is 2. The number of amides is 2. The van der Waals surface area contributed by atoms with Crippen molar-refractivity contribution in [2.45, 2.75) is 6.92 Å². The molecular weight excluding hydrogens is 306 g/mol. The Morgan fingerprint density at radius 1 is 0.958 bits per heavy atom. The summed E-state index contributed by atoms with van der Waals surface area (Å²) in [7, 11) is 0. The Labute approximate surface area is 138 Å². The maximum absolute atomic E-state index is 12.5. The first-order valence-electron chi connectivity index (χ1n) is 7.30. The highest BCUT2D eigenvalue weighted by molar-refractivity contribution is 6.13. The summed E-state index contributed by atoms with van der Waals surface area (Å²) < 4.78 is 0. The van der Waals surface area contributed by atoms with Crippen molar-refractivity contribution in [3.63, 3.8) is 0 Å². The Morgan fingerprint density at radius 2 is 1.62 bits per heavy atom. The van der Waals surface area contributed by atoms with E-state index in [1.165, 1.54) is 13.0 Å². The minimum atomic E-state index is -0.305. The Balaban J connectivity index is 1.85. The number of nitrogens with zero attached hydrogens (tertiary/aromatic N) is 1. The third-order valence-electron chi connectivity index (χ3n) is 3.46. The average molecular weight is 321 g/mol. The lowest BCUT2D eigenvalue weighted by atomic mass is 10.1. The second kappa shape index (κ2) is 6.37. The first-order chi connectivity index (χ1) is 11.5. The number of phenolic OH excluding ortho intramolecular Hbond substituents is 1. The number of aromatic nitrogens is 1. The Hall–Kier alpha value is -3.41. The van der Waals surface area contributed by atoms with Crippen molar-refractivity contribution in [3.8, 4) is 5.75 Å². The Kier molecular flexibility index (Phi) is 4.11. The number of hydrogen-bond acceptors (Lipinski definition) is 4. The van der Waals surface area contributed by atoms with Crippen molar-refractivity contribution in [2.75, 3.05) is 10.6 Å². The lowest BCUT2D eigenvalue weighted by Gasteiger charge is -2.09. The molecule has 0 fully saturated rings. The summed E-state index contributed by atoms with van der Waals surface area (Å²) >= 11 is 0. The molecule has 0 aliphatic carbocycles. The number of anilines is 2. The summed E-state index contributed by atoms with van der Waals surface area (Å²) in [5, 5.41) is 15.9. The monoisotopic (exact) mass is 321 g/mol. The van der Waals surface area contributed by atoms with Gasteiger partial charge in [0.2, 0.25) is 5.91 Å². The van der Waals surface area contributed by atoms with E-state index in [-0.39, 0.29) is 17.6 Å². The number of carbonyl (C=O) groups excluding carboxylic acids is 2. The minimum absolute atomic E-state index is 0.0295. The van der Waals surface area contributed by atoms with Crippen LogP contribution in [0.25, 0.3) is 10.9 Å². The number of phenols is 1. The molecule has 2 amide bonds. The van der Waals surface area contributed by atoms with Gasteiger partial charge in [0, 0.05) is 35.4 Å². The standard InChI is InChI=1S/C18H15N3O3/c1-11(22)20-12-4-6-13(7-5-12)21-18(24)15-8-9-16(23)17-14(15)3-2-10-19-17/h2-10,23H,1H3,(H,20,22)(H,21,24). The second-order valence-electron chi connectivity index (χ2n) is 5.24. The maximum Gasteiger partial charge on any atom is 0.256 e. The highest BCUT2D eigenvalue weighted by atomic mass is 16.3. The number of pyridine rings is 1. The molecular formula is C18H15N3O3. The Morgan fingerprint density at radius 3 is 2.29 bits per heavy atom. The van der Waals surface area contributed by atoms with E-state index in [1.54, 1.807) is 48.7 Å². The third-order valence-corrected chi connectivity index (χ3v) is 3.46. The topological polar surface area (TPSA) is 91.3 Å². The highest BCUT2D eigenvalue weighted by Gasteiger charge is 2.13. The van der Waals surface area contributed by atoms with E-state index in [0.29, 0.717) is 27.8 Å². The van der Waals surface area contributed by atoms with E-state index >= 15 is 0 Å². The van der Waals surface area contributed by atoms with Crippen molar-refractivity contribution in [1.29, 1.82) is 0 Å². The van der Waals surface area contributed by atoms with Crippen molar-refractivity contribution in [1.82, 2.24) is 4.98 Å². The van der Waals surface area contributed by atoms with Gasteiger partial charge in [0.05, 0.1) is 0 Å². The summed E-state index contributed by atoms with van der Waals surface area (Å²) in [5.74, 6) is -0.433. The molecule has 6 nitrogen and oxygen atoms in total. The van der Waals surface area contributed by atoms with Gasteiger partial charge < -0.3 is 15.7 Å². The van der Waals surface area contributed by atoms with E-state index in [0.717, 1.165) is 0 Å². The van der Waals surface area contributed by atoms with Gasteiger partial charge in [0.15, 0.2) is 0 Å². The van der Waals surface area contributed by atoms with Crippen LogP contribution in [0.1, 0.15) is 17.3 Å². The van der Waals surface area contributed by atoms with Crippen LogP contribution in [0.15, 0.2) is 54.7 Å². The molecule has 0 aliphatic heterocycles. The predicted molar refractivity (Wildman–Crippen MR) is 92.1 cm³/mol.